The Morgan fingerprint density at radius 3 is 2.57 bits per heavy atom. The number of nitrogens with zero attached hydrogens (tertiary/aromatic N) is 1. The lowest BCUT2D eigenvalue weighted by Gasteiger charge is -2.08. The maximum atomic E-state index is 12.4. The molecule has 1 N–H and O–H groups in total. The summed E-state index contributed by atoms with van der Waals surface area (Å²) in [6.07, 6.45) is -2.77. The fourth-order valence-electron chi connectivity index (χ4n) is 0.993. The Hall–Kier alpha value is -0.450. The van der Waals surface area contributed by atoms with Crippen molar-refractivity contribution >= 4 is 23.2 Å². The van der Waals surface area contributed by atoms with Crippen LogP contribution in [0, 0.1) is 0 Å². The van der Waals surface area contributed by atoms with Gasteiger partial charge in [-0.05, 0) is 11.6 Å². The number of aliphatic hydroxyl groups excluding tert-OH is 1. The maximum Gasteiger partial charge on any atom is 0.281 e. The van der Waals surface area contributed by atoms with Crippen molar-refractivity contribution in [1.29, 1.82) is 0 Å². The van der Waals surface area contributed by atoms with Crippen LogP contribution >= 0.6 is 23.2 Å². The third-order valence-corrected chi connectivity index (χ3v) is 2.34. The highest BCUT2D eigenvalue weighted by Gasteiger charge is 2.17. The van der Waals surface area contributed by atoms with Gasteiger partial charge in [0.15, 0.2) is 0 Å². The summed E-state index contributed by atoms with van der Waals surface area (Å²) in [4.78, 5) is 3.57. The second kappa shape index (κ2) is 4.87. The highest BCUT2D eigenvalue weighted by Crippen LogP contribution is 2.29. The van der Waals surface area contributed by atoms with Gasteiger partial charge in [-0.25, -0.2) is 13.8 Å². The van der Waals surface area contributed by atoms with Gasteiger partial charge in [0.05, 0.1) is 23.2 Å². The Labute approximate surface area is 89.5 Å². The van der Waals surface area contributed by atoms with Crippen LogP contribution in [0.2, 0.25) is 5.02 Å². The van der Waals surface area contributed by atoms with Crippen molar-refractivity contribution in [1.82, 2.24) is 4.98 Å². The third kappa shape index (κ3) is 2.32. The number of halogens is 4. The van der Waals surface area contributed by atoms with E-state index in [1.54, 1.807) is 0 Å². The summed E-state index contributed by atoms with van der Waals surface area (Å²) in [6, 6.07) is 1.40. The Kier molecular flexibility index (Phi) is 4.04. The minimum absolute atomic E-state index is 0.00386. The summed E-state index contributed by atoms with van der Waals surface area (Å²) >= 11 is 11.0. The topological polar surface area (TPSA) is 33.1 Å². The van der Waals surface area contributed by atoms with Crippen LogP contribution in [0.5, 0.6) is 0 Å². The minimum Gasteiger partial charge on any atom is -0.392 e. The largest absolute Gasteiger partial charge is 0.392 e. The number of pyridine rings is 1. The van der Waals surface area contributed by atoms with Gasteiger partial charge in [0, 0.05) is 0 Å². The number of aliphatic hydroxyl groups is 1. The molecule has 0 aromatic carbocycles. The predicted molar refractivity (Wildman–Crippen MR) is 49.7 cm³/mol. The Balaban J connectivity index is 3.27. The van der Waals surface area contributed by atoms with Crippen molar-refractivity contribution in [2.75, 3.05) is 0 Å². The number of aromatic nitrogens is 1. The van der Waals surface area contributed by atoms with Crippen molar-refractivity contribution < 1.29 is 13.9 Å². The van der Waals surface area contributed by atoms with Gasteiger partial charge in [-0.3, -0.25) is 0 Å². The molecule has 0 aliphatic carbocycles. The second-order valence-corrected chi connectivity index (χ2v) is 3.21. The van der Waals surface area contributed by atoms with Crippen LogP contribution in [-0.2, 0) is 12.5 Å². The van der Waals surface area contributed by atoms with Gasteiger partial charge in [-0.2, -0.15) is 0 Å². The summed E-state index contributed by atoms with van der Waals surface area (Å²) < 4.78 is 24.8. The zero-order valence-electron chi connectivity index (χ0n) is 6.98. The molecule has 0 unspecified atom stereocenters. The van der Waals surface area contributed by atoms with E-state index in [2.05, 4.69) is 4.98 Å². The monoisotopic (exact) mass is 241 g/mol. The molecule has 0 aliphatic heterocycles. The lowest BCUT2D eigenvalue weighted by atomic mass is 10.2. The minimum atomic E-state index is -2.77. The molecular formula is C8H7Cl2F2NO. The zero-order valence-corrected chi connectivity index (χ0v) is 8.49. The molecule has 1 aromatic heterocycles. The first-order valence-corrected chi connectivity index (χ1v) is 4.64. The molecule has 0 radical (unpaired) electrons. The van der Waals surface area contributed by atoms with Gasteiger partial charge in [0.2, 0.25) is 0 Å². The van der Waals surface area contributed by atoms with Crippen LogP contribution in [0.25, 0.3) is 0 Å². The number of hydrogen-bond donors (Lipinski definition) is 1. The molecule has 6 heteroatoms. The van der Waals surface area contributed by atoms with Gasteiger partial charge in [0.1, 0.15) is 5.69 Å². The molecule has 0 saturated carbocycles. The van der Waals surface area contributed by atoms with E-state index in [1.807, 2.05) is 0 Å². The first-order valence-electron chi connectivity index (χ1n) is 3.73. The second-order valence-electron chi connectivity index (χ2n) is 2.56. The molecule has 0 amide bonds. The predicted octanol–water partition coefficient (Wildman–Crippen LogP) is 2.90. The third-order valence-electron chi connectivity index (χ3n) is 1.63. The molecule has 1 aromatic rings. The van der Waals surface area contributed by atoms with Gasteiger partial charge >= 0.3 is 0 Å². The average molecular weight is 242 g/mol. The van der Waals surface area contributed by atoms with Crippen molar-refractivity contribution in [2.45, 2.75) is 18.9 Å². The number of rotatable bonds is 3. The molecule has 1 heterocycles. The van der Waals surface area contributed by atoms with Crippen LogP contribution in [0.3, 0.4) is 0 Å². The number of hydrogen-bond acceptors (Lipinski definition) is 2. The highest BCUT2D eigenvalue weighted by atomic mass is 35.5. The zero-order chi connectivity index (χ0) is 10.7. The summed E-state index contributed by atoms with van der Waals surface area (Å²) in [7, 11) is 0. The highest BCUT2D eigenvalue weighted by molar-refractivity contribution is 6.32. The Morgan fingerprint density at radius 1 is 1.50 bits per heavy atom. The Bertz CT molecular complexity index is 333. The van der Waals surface area contributed by atoms with Crippen molar-refractivity contribution in [2.24, 2.45) is 0 Å². The molecular weight excluding hydrogens is 235 g/mol. The SMILES string of the molecule is OCc1cc(CCl)nc(C(F)F)c1Cl. The van der Waals surface area contributed by atoms with Crippen LogP contribution in [-0.4, -0.2) is 10.1 Å². The molecule has 0 spiro atoms. The molecule has 78 valence electrons. The van der Waals surface area contributed by atoms with Gasteiger partial charge < -0.3 is 5.11 Å². The van der Waals surface area contributed by atoms with Crippen LogP contribution in [0.4, 0.5) is 8.78 Å². The van der Waals surface area contributed by atoms with Crippen LogP contribution in [0.1, 0.15) is 23.4 Å². The quantitative estimate of drug-likeness (QED) is 0.826. The van der Waals surface area contributed by atoms with Crippen LogP contribution < -0.4 is 0 Å². The van der Waals surface area contributed by atoms with E-state index in [9.17, 15) is 8.78 Å². The van der Waals surface area contributed by atoms with E-state index < -0.39 is 18.7 Å². The summed E-state index contributed by atoms with van der Waals surface area (Å²) in [5.74, 6) is 0.00386. The first-order chi connectivity index (χ1) is 6.60. The normalized spacial score (nSPS) is 11.0. The molecule has 0 saturated heterocycles. The summed E-state index contributed by atoms with van der Waals surface area (Å²) in [6.45, 7) is -0.412. The average Bonchev–Trinajstić information content (AvgIpc) is 2.17. The lowest BCUT2D eigenvalue weighted by Crippen LogP contribution is -2.00. The molecule has 2 nitrogen and oxygen atoms in total. The molecule has 0 bridgehead atoms. The fraction of sp³-hybridized carbons (Fsp3) is 0.375. The van der Waals surface area contributed by atoms with E-state index in [4.69, 9.17) is 28.3 Å². The summed E-state index contributed by atoms with van der Waals surface area (Å²) in [5.41, 5.74) is -0.0445. The van der Waals surface area contributed by atoms with E-state index >= 15 is 0 Å². The number of alkyl halides is 3. The van der Waals surface area contributed by atoms with E-state index in [1.165, 1.54) is 6.07 Å². The van der Waals surface area contributed by atoms with E-state index in [0.29, 0.717) is 0 Å². The van der Waals surface area contributed by atoms with Gasteiger partial charge in [-0.1, -0.05) is 11.6 Å². The molecule has 1 rings (SSSR count). The standard InChI is InChI=1S/C8H7Cl2F2NO/c9-2-5-1-4(3-14)6(10)7(13-5)8(11)12/h1,8,14H,2-3H2. The van der Waals surface area contributed by atoms with Crippen molar-refractivity contribution in [3.8, 4) is 0 Å². The van der Waals surface area contributed by atoms with Gasteiger partial charge in [0.25, 0.3) is 6.43 Å². The van der Waals surface area contributed by atoms with Crippen molar-refractivity contribution in [3.05, 3.63) is 28.0 Å². The lowest BCUT2D eigenvalue weighted by molar-refractivity contribution is 0.145. The Morgan fingerprint density at radius 2 is 2.14 bits per heavy atom. The van der Waals surface area contributed by atoms with E-state index in [-0.39, 0.29) is 22.2 Å². The maximum absolute atomic E-state index is 12.4. The molecule has 0 atom stereocenters. The summed E-state index contributed by atoms with van der Waals surface area (Å²) in [5, 5.41) is 8.65. The molecule has 0 aliphatic rings. The van der Waals surface area contributed by atoms with Crippen LogP contribution in [0.15, 0.2) is 6.07 Å². The van der Waals surface area contributed by atoms with Gasteiger partial charge in [-0.15, -0.1) is 11.6 Å². The fourth-order valence-corrected chi connectivity index (χ4v) is 1.37. The smallest absolute Gasteiger partial charge is 0.281 e. The first kappa shape index (κ1) is 11.6. The van der Waals surface area contributed by atoms with Crippen molar-refractivity contribution in [3.63, 3.8) is 0 Å². The molecule has 14 heavy (non-hydrogen) atoms. The van der Waals surface area contributed by atoms with E-state index in [0.717, 1.165) is 0 Å². The molecule has 0 fully saturated rings.